The summed E-state index contributed by atoms with van der Waals surface area (Å²) in [6, 6.07) is 28.0. The number of rotatable bonds is 3. The molecular weight excluding hydrogens is 376 g/mol. The minimum absolute atomic E-state index is 0.0219. The van der Waals surface area contributed by atoms with Crippen LogP contribution in [0, 0.1) is 6.92 Å². The van der Waals surface area contributed by atoms with Crippen LogP contribution in [-0.2, 0) is 0 Å². The van der Waals surface area contributed by atoms with E-state index in [2.05, 4.69) is 43.3 Å². The highest BCUT2D eigenvalue weighted by molar-refractivity contribution is 8.08. The molecule has 1 aliphatic heterocycles. The molecule has 0 N–H and O–H groups in total. The Morgan fingerprint density at radius 1 is 0.931 bits per heavy atom. The van der Waals surface area contributed by atoms with Gasteiger partial charge < -0.3 is 0 Å². The fourth-order valence-corrected chi connectivity index (χ4v) is 4.49. The first-order chi connectivity index (χ1) is 14.2. The summed E-state index contributed by atoms with van der Waals surface area (Å²) >= 11 is 1.58. The number of aryl methyl sites for hydroxylation is 1. The molecule has 0 unspecified atom stereocenters. The molecule has 0 spiro atoms. The molecule has 0 fully saturated rings. The van der Waals surface area contributed by atoms with E-state index < -0.39 is 0 Å². The Balaban J connectivity index is 1.66. The van der Waals surface area contributed by atoms with E-state index in [4.69, 9.17) is 5.10 Å². The largest absolute Gasteiger partial charge is 0.289 e. The average molecular weight is 394 g/mol. The number of hydrogen-bond acceptors (Lipinski definition) is 3. The van der Waals surface area contributed by atoms with E-state index >= 15 is 0 Å². The summed E-state index contributed by atoms with van der Waals surface area (Å²) < 4.78 is 1.90. The Kier molecular flexibility index (Phi) is 4.41. The van der Waals surface area contributed by atoms with Gasteiger partial charge in [-0.1, -0.05) is 84.1 Å². The summed E-state index contributed by atoms with van der Waals surface area (Å²) in [5, 5.41) is 5.67. The number of hydrogen-bond donors (Lipinski definition) is 0. The second-order valence-electron chi connectivity index (χ2n) is 7.01. The molecule has 5 rings (SSSR count). The Bertz CT molecular complexity index is 1240. The zero-order valence-electron chi connectivity index (χ0n) is 15.9. The highest BCUT2D eigenvalue weighted by atomic mass is 32.2. The third-order valence-electron chi connectivity index (χ3n) is 4.93. The van der Waals surface area contributed by atoms with E-state index in [0.29, 0.717) is 5.56 Å². The number of aromatic nitrogens is 2. The second kappa shape index (κ2) is 7.22. The summed E-state index contributed by atoms with van der Waals surface area (Å²) in [6.07, 6.45) is 1.69. The topological polar surface area (TPSA) is 34.9 Å². The maximum atomic E-state index is 12.8. The van der Waals surface area contributed by atoms with E-state index in [1.165, 1.54) is 5.56 Å². The van der Waals surface area contributed by atoms with Gasteiger partial charge in [0.2, 0.25) is 0 Å². The fourth-order valence-electron chi connectivity index (χ4n) is 3.47. The lowest BCUT2D eigenvalue weighted by Gasteiger charge is -2.20. The van der Waals surface area contributed by atoms with Crippen molar-refractivity contribution in [2.24, 2.45) is 0 Å². The van der Waals surface area contributed by atoms with Crippen LogP contribution < -0.4 is 0 Å². The molecule has 0 aliphatic carbocycles. The molecule has 2 heterocycles. The summed E-state index contributed by atoms with van der Waals surface area (Å²) in [4.78, 5) is 14.0. The van der Waals surface area contributed by atoms with Crippen LogP contribution in [0.15, 0.2) is 95.9 Å². The predicted octanol–water partition coefficient (Wildman–Crippen LogP) is 6.31. The molecule has 0 amide bonds. The van der Waals surface area contributed by atoms with Crippen LogP contribution in [0.25, 0.3) is 27.5 Å². The van der Waals surface area contributed by atoms with E-state index in [-0.39, 0.29) is 5.78 Å². The van der Waals surface area contributed by atoms with Crippen LogP contribution in [0.1, 0.15) is 15.9 Å². The minimum atomic E-state index is -0.0219. The van der Waals surface area contributed by atoms with Gasteiger partial charge in [-0.3, -0.25) is 4.79 Å². The summed E-state index contributed by atoms with van der Waals surface area (Å²) in [6.45, 7) is 2.09. The van der Waals surface area contributed by atoms with Crippen molar-refractivity contribution in [3.8, 4) is 22.5 Å². The Labute approximate surface area is 173 Å². The number of thioether (sulfide) groups is 1. The summed E-state index contributed by atoms with van der Waals surface area (Å²) in [5.74, 6) is -0.0219. The van der Waals surface area contributed by atoms with Gasteiger partial charge >= 0.3 is 0 Å². The molecule has 29 heavy (non-hydrogen) atoms. The first-order valence-corrected chi connectivity index (χ1v) is 10.3. The van der Waals surface area contributed by atoms with Crippen LogP contribution in [0.3, 0.4) is 0 Å². The highest BCUT2D eigenvalue weighted by Gasteiger charge is 2.24. The zero-order valence-corrected chi connectivity index (χ0v) is 16.7. The monoisotopic (exact) mass is 394 g/mol. The number of allylic oxidation sites excluding steroid dienone is 1. The predicted molar refractivity (Wildman–Crippen MR) is 119 cm³/mol. The first kappa shape index (κ1) is 17.7. The molecule has 0 radical (unpaired) electrons. The number of fused-ring (bicyclic) bond motifs is 3. The molecule has 1 aromatic heterocycles. The van der Waals surface area contributed by atoms with Crippen LogP contribution >= 0.6 is 11.8 Å². The smallest absolute Gasteiger partial charge is 0.188 e. The van der Waals surface area contributed by atoms with E-state index in [1.54, 1.807) is 17.8 Å². The van der Waals surface area contributed by atoms with Gasteiger partial charge in [-0.15, -0.1) is 0 Å². The molecule has 0 saturated heterocycles. The molecule has 1 aliphatic rings. The van der Waals surface area contributed by atoms with Crippen molar-refractivity contribution in [3.63, 3.8) is 0 Å². The third kappa shape index (κ3) is 3.32. The maximum Gasteiger partial charge on any atom is 0.188 e. The fraction of sp³-hybridized carbons (Fsp3) is 0.0400. The maximum absolute atomic E-state index is 12.8. The SMILES string of the molecule is Cc1ccc2c(c1)-c1cc(-c3ccccc3)nn1/C(=C/C(=O)c1ccccc1)S2. The van der Waals surface area contributed by atoms with Crippen molar-refractivity contribution in [1.82, 2.24) is 9.78 Å². The first-order valence-electron chi connectivity index (χ1n) is 9.45. The van der Waals surface area contributed by atoms with Crippen LogP contribution in [0.5, 0.6) is 0 Å². The second-order valence-corrected chi connectivity index (χ2v) is 8.07. The van der Waals surface area contributed by atoms with E-state index in [1.807, 2.05) is 53.2 Å². The van der Waals surface area contributed by atoms with Crippen molar-refractivity contribution >= 4 is 22.6 Å². The summed E-state index contributed by atoms with van der Waals surface area (Å²) in [5.41, 5.74) is 5.98. The standard InChI is InChI=1S/C25H18N2OS/c1-17-12-13-24-20(14-17)22-15-21(18-8-4-2-5-9-18)26-27(22)25(29-24)16-23(28)19-10-6-3-7-11-19/h2-16H,1H3/b25-16-. The Morgan fingerprint density at radius 2 is 1.66 bits per heavy atom. The van der Waals surface area contributed by atoms with Gasteiger partial charge in [-0.2, -0.15) is 5.10 Å². The number of ketones is 1. The average Bonchev–Trinajstić information content (AvgIpc) is 3.22. The summed E-state index contributed by atoms with van der Waals surface area (Å²) in [7, 11) is 0. The molecule has 0 atom stereocenters. The zero-order chi connectivity index (χ0) is 19.8. The van der Waals surface area contributed by atoms with Gasteiger partial charge in [0.05, 0.1) is 11.4 Å². The molecule has 0 saturated carbocycles. The van der Waals surface area contributed by atoms with E-state index in [9.17, 15) is 4.79 Å². The molecule has 0 bridgehead atoms. The van der Waals surface area contributed by atoms with Crippen LogP contribution in [0.4, 0.5) is 0 Å². The van der Waals surface area contributed by atoms with Crippen LogP contribution in [-0.4, -0.2) is 15.6 Å². The molecule has 140 valence electrons. The third-order valence-corrected chi connectivity index (χ3v) is 6.00. The van der Waals surface area contributed by atoms with Gasteiger partial charge in [0, 0.05) is 27.7 Å². The Morgan fingerprint density at radius 3 is 2.41 bits per heavy atom. The van der Waals surface area contributed by atoms with Gasteiger partial charge in [0.1, 0.15) is 5.03 Å². The van der Waals surface area contributed by atoms with Gasteiger partial charge in [-0.25, -0.2) is 4.68 Å². The number of carbonyl (C=O) groups excluding carboxylic acids is 1. The molecule has 3 aromatic carbocycles. The number of carbonyl (C=O) groups is 1. The lowest BCUT2D eigenvalue weighted by molar-refractivity contribution is 0.104. The molecule has 3 nitrogen and oxygen atoms in total. The molecule has 4 aromatic rings. The van der Waals surface area contributed by atoms with Gasteiger partial charge in [0.25, 0.3) is 0 Å². The normalized spacial score (nSPS) is 13.8. The van der Waals surface area contributed by atoms with Crippen molar-refractivity contribution in [1.29, 1.82) is 0 Å². The molecular formula is C25H18N2OS. The van der Waals surface area contributed by atoms with Crippen molar-refractivity contribution in [2.75, 3.05) is 0 Å². The van der Waals surface area contributed by atoms with E-state index in [0.717, 1.165) is 32.4 Å². The molecule has 4 heteroatoms. The number of nitrogens with zero attached hydrogens (tertiary/aromatic N) is 2. The van der Waals surface area contributed by atoms with Crippen molar-refractivity contribution in [2.45, 2.75) is 11.8 Å². The van der Waals surface area contributed by atoms with Crippen molar-refractivity contribution < 1.29 is 4.79 Å². The van der Waals surface area contributed by atoms with Crippen LogP contribution in [0.2, 0.25) is 0 Å². The minimum Gasteiger partial charge on any atom is -0.289 e. The number of benzene rings is 3. The van der Waals surface area contributed by atoms with Gasteiger partial charge in [0.15, 0.2) is 5.78 Å². The lowest BCUT2D eigenvalue weighted by Crippen LogP contribution is -2.07. The lowest BCUT2D eigenvalue weighted by atomic mass is 10.1. The quantitative estimate of drug-likeness (QED) is 0.302. The van der Waals surface area contributed by atoms with Gasteiger partial charge in [-0.05, 0) is 25.1 Å². The van der Waals surface area contributed by atoms with Crippen molar-refractivity contribution in [3.05, 3.63) is 102 Å². The highest BCUT2D eigenvalue weighted by Crippen LogP contribution is 2.45. The Hall–Kier alpha value is -3.37.